The third-order valence-corrected chi connectivity index (χ3v) is 15.1. The van der Waals surface area contributed by atoms with E-state index in [2.05, 4.69) is 0 Å². The highest BCUT2D eigenvalue weighted by Gasteiger charge is 2.21. The monoisotopic (exact) mass is 1450 g/mol. The second-order valence-electron chi connectivity index (χ2n) is 23.1. The average Bonchev–Trinajstić information content (AvgIpc) is 1.21. The van der Waals surface area contributed by atoms with Gasteiger partial charge in [0.1, 0.15) is 69.7 Å². The lowest BCUT2D eigenvalue weighted by molar-refractivity contribution is 0.0724. The van der Waals surface area contributed by atoms with Gasteiger partial charge in [-0.25, -0.2) is 88.6 Å². The first-order valence-electron chi connectivity index (χ1n) is 32.7. The Balaban J connectivity index is 0.000000247. The Morgan fingerprint density at radius 2 is 0.621 bits per heavy atom. The number of nitriles is 1. The molecule has 103 heavy (non-hydrogen) atoms. The second-order valence-corrected chi connectivity index (χ2v) is 23.1. The molecule has 0 saturated carbocycles. The van der Waals surface area contributed by atoms with Crippen molar-refractivity contribution >= 4 is 35.2 Å². The van der Waals surface area contributed by atoms with E-state index in [9.17, 15) is 88.6 Å². The predicted molar refractivity (Wildman–Crippen MR) is 360 cm³/mol. The number of hydrogen-bond donors (Lipinski definition) is 0. The molecule has 0 bridgehead atoms. The first kappa shape index (κ1) is 83.6. The van der Waals surface area contributed by atoms with Crippen LogP contribution in [0.5, 0.6) is 11.5 Å². The van der Waals surface area contributed by atoms with Crippen LogP contribution in [0.25, 0.3) is 23.3 Å². The van der Waals surface area contributed by atoms with Gasteiger partial charge in [0.2, 0.25) is 0 Å². The molecule has 0 fully saturated rings. The van der Waals surface area contributed by atoms with Crippen LogP contribution >= 0.6 is 0 Å². The number of ether oxygens (including phenoxy) is 2. The van der Waals surface area contributed by atoms with Gasteiger partial charge in [0.25, 0.3) is 0 Å². The van der Waals surface area contributed by atoms with Crippen molar-refractivity contribution in [2.75, 3.05) is 0 Å². The fraction of sp³-hybridized carbons (Fsp3) is 0.263. The van der Waals surface area contributed by atoms with Crippen molar-refractivity contribution in [3.63, 3.8) is 0 Å². The van der Waals surface area contributed by atoms with Crippen molar-refractivity contribution in [2.45, 2.75) is 137 Å². The van der Waals surface area contributed by atoms with Crippen LogP contribution in [0, 0.1) is 69.5 Å². The molecule has 5 nitrogen and oxygen atoms in total. The van der Waals surface area contributed by atoms with Crippen LogP contribution in [-0.2, 0) is 32.1 Å². The molecule has 0 aliphatic heterocycles. The average molecular weight is 1450 g/mol. The molecule has 0 aliphatic rings. The van der Waals surface area contributed by atoms with Gasteiger partial charge < -0.3 is 9.47 Å². The van der Waals surface area contributed by atoms with E-state index >= 15 is 0 Å². The van der Waals surface area contributed by atoms with E-state index in [1.54, 1.807) is 64.1 Å². The fourth-order valence-electron chi connectivity index (χ4n) is 9.71. The molecular weight excluding hydrogens is 1380 g/mol. The molecule has 0 atom stereocenters. The van der Waals surface area contributed by atoms with Gasteiger partial charge in [-0.05, 0) is 166 Å². The first-order chi connectivity index (χ1) is 49.1. The summed E-state index contributed by atoms with van der Waals surface area (Å²) in [5.74, 6) is -21.7. The molecule has 546 valence electrons. The minimum absolute atomic E-state index is 0.0374. The third kappa shape index (κ3) is 25.4. The molecule has 0 N–H and O–H groups in total. The van der Waals surface area contributed by atoms with Gasteiger partial charge in [-0.1, -0.05) is 102 Å². The number of aryl methyl sites for hydroxylation is 4. The number of allylic oxidation sites excluding steroid dienone is 4. The number of carbonyl (C=O) groups is 2. The number of halogens is 18. The van der Waals surface area contributed by atoms with Crippen LogP contribution in [0.15, 0.2) is 169 Å². The Labute approximate surface area is 585 Å². The highest BCUT2D eigenvalue weighted by molar-refractivity contribution is 5.92. The third-order valence-electron chi connectivity index (χ3n) is 15.1. The molecule has 0 aliphatic carbocycles. The second kappa shape index (κ2) is 41.7. The van der Waals surface area contributed by atoms with E-state index < -0.39 is 134 Å². The summed E-state index contributed by atoms with van der Waals surface area (Å²) in [6, 6.07) is 31.2. The van der Waals surface area contributed by atoms with Crippen LogP contribution in [0.3, 0.4) is 0 Å². The van der Waals surface area contributed by atoms with Crippen LogP contribution in [-0.4, -0.2) is 11.9 Å². The number of hydrogen-bond acceptors (Lipinski definition) is 5. The fourth-order valence-corrected chi connectivity index (χ4v) is 9.71. The number of nitrogens with zero attached hydrogens (tertiary/aromatic N) is 1. The number of esters is 2. The van der Waals surface area contributed by atoms with Crippen LogP contribution in [0.2, 0.25) is 0 Å². The first-order valence-corrected chi connectivity index (χ1v) is 32.7. The molecule has 8 aromatic carbocycles. The lowest BCUT2D eigenvalue weighted by atomic mass is 10.00. The van der Waals surface area contributed by atoms with Gasteiger partial charge in [-0.2, -0.15) is 5.26 Å². The van der Waals surface area contributed by atoms with E-state index in [4.69, 9.17) is 14.7 Å². The van der Waals surface area contributed by atoms with Crippen LogP contribution in [0.1, 0.15) is 182 Å². The number of benzene rings is 8. The molecule has 0 unspecified atom stereocenters. The SMILES string of the molecule is CCC/C(F)=C(\F)c1ccc(C(=O)Oc2cc(F)c(F)c(F)c2)cc1.CCC/C(F)=C(\F)c1ccc(CCCCc2cc(F)c(CCC)c(F)c2)cc1.CCC/C(F)=C(\F)c1ccc(CCc2cc(F)c(C#N)c(F)c2)cc1.CCC/C(F)=C(\F)c1ccc(OC(=O)c2cc(F)c(F)c(F)c2)cc1. The lowest BCUT2D eigenvalue weighted by Crippen LogP contribution is -2.10. The van der Waals surface area contributed by atoms with Crippen LogP contribution < -0.4 is 9.47 Å². The van der Waals surface area contributed by atoms with Gasteiger partial charge in [-0.15, -0.1) is 0 Å². The van der Waals surface area contributed by atoms with Crippen molar-refractivity contribution in [3.05, 3.63) is 294 Å². The standard InChI is InChI=1S/C24H28F4.C20H17F4N.2C18H13F5O2/c1-3-7-20-22(26)15-18(16-23(20)27)10-6-5-9-17-11-13-19(14-12-17)24(28)21(25)8-4-2;1-2-3-17(21)20(24)15-8-6-13(7-9-15)4-5-14-10-18(22)16(12-25)19(23)11-14;1-2-3-13(19)16(22)10-4-6-12(7-5-10)25-18(24)11-8-14(20)17(23)15(21)9-11;1-2-3-13(19)16(22)10-4-6-11(7-5-10)18(24)25-12-8-14(20)17(23)15(21)9-12/h11-16H,3-10H2,1-2H3;6-11H,2-5H2,1H3;2*4-9H,2-3H2,1H3/b24-21+;20-17+;2*16-13+. The quantitative estimate of drug-likeness (QED) is 0.0178. The molecule has 0 aromatic heterocycles. The van der Waals surface area contributed by atoms with Crippen molar-refractivity contribution in [3.8, 4) is 17.6 Å². The predicted octanol–water partition coefficient (Wildman–Crippen LogP) is 25.4. The summed E-state index contributed by atoms with van der Waals surface area (Å²) in [5, 5.41) is 8.65. The molecule has 0 amide bonds. The highest BCUT2D eigenvalue weighted by atomic mass is 19.2. The normalized spacial score (nSPS) is 12.0. The maximum atomic E-state index is 14.0. The van der Waals surface area contributed by atoms with Gasteiger partial charge in [0.05, 0.1) is 11.1 Å². The Bertz CT molecular complexity index is 4260. The smallest absolute Gasteiger partial charge is 0.343 e. The summed E-state index contributed by atoms with van der Waals surface area (Å²) in [5.41, 5.74) is 2.29. The molecule has 0 heterocycles. The zero-order chi connectivity index (χ0) is 76.0. The summed E-state index contributed by atoms with van der Waals surface area (Å²) in [6.07, 6.45) is 7.04. The molecule has 8 aromatic rings. The van der Waals surface area contributed by atoms with E-state index in [0.717, 1.165) is 42.5 Å². The largest absolute Gasteiger partial charge is 0.423 e. The van der Waals surface area contributed by atoms with Crippen molar-refractivity contribution < 1.29 is 98.1 Å². The van der Waals surface area contributed by atoms with Gasteiger partial charge in [-0.3, -0.25) is 0 Å². The summed E-state index contributed by atoms with van der Waals surface area (Å²) >= 11 is 0. The summed E-state index contributed by atoms with van der Waals surface area (Å²) in [7, 11) is 0. The van der Waals surface area contributed by atoms with Crippen molar-refractivity contribution in [1.82, 2.24) is 0 Å². The summed E-state index contributed by atoms with van der Waals surface area (Å²) < 4.78 is 252. The van der Waals surface area contributed by atoms with Gasteiger partial charge in [0.15, 0.2) is 58.2 Å². The zero-order valence-corrected chi connectivity index (χ0v) is 56.6. The van der Waals surface area contributed by atoms with Crippen molar-refractivity contribution in [1.29, 1.82) is 5.26 Å². The van der Waals surface area contributed by atoms with Gasteiger partial charge in [0, 0.05) is 65.6 Å². The van der Waals surface area contributed by atoms with E-state index in [1.165, 1.54) is 78.9 Å². The Morgan fingerprint density at radius 3 is 1.00 bits per heavy atom. The highest BCUT2D eigenvalue weighted by Crippen LogP contribution is 2.31. The zero-order valence-electron chi connectivity index (χ0n) is 56.6. The Kier molecular flexibility index (Phi) is 33.8. The maximum Gasteiger partial charge on any atom is 0.343 e. The minimum Gasteiger partial charge on any atom is -0.423 e. The van der Waals surface area contributed by atoms with E-state index in [0.29, 0.717) is 93.2 Å². The summed E-state index contributed by atoms with van der Waals surface area (Å²) in [4.78, 5) is 23.7. The lowest BCUT2D eigenvalue weighted by Gasteiger charge is -2.08. The van der Waals surface area contributed by atoms with Gasteiger partial charge >= 0.3 is 11.9 Å². The number of unbranched alkanes of at least 4 members (excludes halogenated alkanes) is 1. The Morgan fingerprint density at radius 1 is 0.320 bits per heavy atom. The molecule has 23 heteroatoms. The van der Waals surface area contributed by atoms with E-state index in [-0.39, 0.29) is 64.8 Å². The van der Waals surface area contributed by atoms with E-state index in [1.807, 2.05) is 6.92 Å². The molecule has 0 spiro atoms. The maximum absolute atomic E-state index is 14.0. The molecular formula is C80H71F18NO4. The minimum atomic E-state index is -1.70. The molecule has 0 saturated heterocycles. The molecule has 0 radical (unpaired) electrons. The number of rotatable bonds is 26. The van der Waals surface area contributed by atoms with Crippen molar-refractivity contribution in [2.24, 2.45) is 0 Å². The molecule has 8 rings (SSSR count). The van der Waals surface area contributed by atoms with Crippen LogP contribution in [0.4, 0.5) is 79.0 Å². The Hall–Kier alpha value is -10.1. The topological polar surface area (TPSA) is 76.4 Å². The number of carbonyl (C=O) groups excluding carboxylic acids is 2. The summed E-state index contributed by atoms with van der Waals surface area (Å²) in [6.45, 7) is 8.87.